The Morgan fingerprint density at radius 1 is 1.25 bits per heavy atom. The number of aromatic amines is 1. The molecule has 0 aliphatic carbocycles. The molecule has 1 N–H and O–H groups in total. The maximum absolute atomic E-state index is 13.8. The van der Waals surface area contributed by atoms with E-state index in [1.54, 1.807) is 24.0 Å². The van der Waals surface area contributed by atoms with Crippen LogP contribution >= 0.6 is 12.2 Å². The van der Waals surface area contributed by atoms with E-state index in [1.807, 2.05) is 25.1 Å². The molecule has 0 radical (unpaired) electrons. The van der Waals surface area contributed by atoms with Crippen LogP contribution in [-0.2, 0) is 7.05 Å². The summed E-state index contributed by atoms with van der Waals surface area (Å²) in [6, 6.07) is 8.57. The summed E-state index contributed by atoms with van der Waals surface area (Å²) >= 11 is 5.33. The molecule has 0 amide bonds. The Morgan fingerprint density at radius 2 is 2.04 bits per heavy atom. The van der Waals surface area contributed by atoms with Gasteiger partial charge in [-0.3, -0.25) is 19.0 Å². The molecule has 0 aliphatic heterocycles. The summed E-state index contributed by atoms with van der Waals surface area (Å²) < 4.78 is 30.8. The van der Waals surface area contributed by atoms with E-state index in [4.69, 9.17) is 12.2 Å². The second-order valence-electron chi connectivity index (χ2n) is 6.43. The van der Waals surface area contributed by atoms with E-state index in [2.05, 4.69) is 15.1 Å². The average Bonchev–Trinajstić information content (AvgIpc) is 3.07. The molecular formula is C19H15F2N5OS. The van der Waals surface area contributed by atoms with Crippen LogP contribution in [0.5, 0.6) is 0 Å². The average molecular weight is 399 g/mol. The van der Waals surface area contributed by atoms with E-state index >= 15 is 0 Å². The van der Waals surface area contributed by atoms with Gasteiger partial charge in [-0.1, -0.05) is 12.1 Å². The van der Waals surface area contributed by atoms with E-state index in [1.165, 1.54) is 16.8 Å². The van der Waals surface area contributed by atoms with Gasteiger partial charge in [0.2, 0.25) is 0 Å². The Balaban J connectivity index is 2.17. The van der Waals surface area contributed by atoms with Crippen molar-refractivity contribution in [2.45, 2.75) is 13.3 Å². The van der Waals surface area contributed by atoms with Crippen LogP contribution in [0.2, 0.25) is 0 Å². The van der Waals surface area contributed by atoms with Gasteiger partial charge in [0.05, 0.1) is 23.0 Å². The first-order chi connectivity index (χ1) is 13.3. The van der Waals surface area contributed by atoms with Crippen molar-refractivity contribution in [2.24, 2.45) is 7.05 Å². The largest absolute Gasteiger partial charge is 0.298 e. The highest BCUT2D eigenvalue weighted by Gasteiger charge is 2.21. The summed E-state index contributed by atoms with van der Waals surface area (Å²) in [6.45, 7) is 1.90. The first-order valence-corrected chi connectivity index (χ1v) is 8.80. The Kier molecular flexibility index (Phi) is 4.38. The van der Waals surface area contributed by atoms with Gasteiger partial charge in [0.25, 0.3) is 12.0 Å². The quantitative estimate of drug-likeness (QED) is 0.527. The molecule has 3 aromatic heterocycles. The van der Waals surface area contributed by atoms with Crippen molar-refractivity contribution in [3.63, 3.8) is 0 Å². The minimum atomic E-state index is -2.86. The molecule has 0 atom stereocenters. The van der Waals surface area contributed by atoms with Crippen LogP contribution in [0.1, 0.15) is 17.6 Å². The fourth-order valence-electron chi connectivity index (χ4n) is 3.14. The van der Waals surface area contributed by atoms with Crippen LogP contribution in [0.3, 0.4) is 0 Å². The maximum Gasteiger partial charge on any atom is 0.264 e. The first-order valence-electron chi connectivity index (χ1n) is 8.39. The number of alkyl halides is 2. The molecule has 0 fully saturated rings. The minimum absolute atomic E-state index is 0.0796. The van der Waals surface area contributed by atoms with Crippen LogP contribution < -0.4 is 5.56 Å². The normalized spacial score (nSPS) is 11.5. The lowest BCUT2D eigenvalue weighted by atomic mass is 10.1. The van der Waals surface area contributed by atoms with Gasteiger partial charge in [0.15, 0.2) is 10.4 Å². The van der Waals surface area contributed by atoms with Crippen molar-refractivity contribution in [2.75, 3.05) is 0 Å². The highest BCUT2D eigenvalue weighted by molar-refractivity contribution is 7.71. The van der Waals surface area contributed by atoms with Gasteiger partial charge in [-0.25, -0.2) is 13.8 Å². The summed E-state index contributed by atoms with van der Waals surface area (Å²) in [5.41, 5.74) is 1.42. The molecule has 0 bridgehead atoms. The molecule has 28 heavy (non-hydrogen) atoms. The van der Waals surface area contributed by atoms with Gasteiger partial charge in [0, 0.05) is 24.4 Å². The van der Waals surface area contributed by atoms with Crippen molar-refractivity contribution in [3.05, 3.63) is 69.0 Å². The molecule has 142 valence electrons. The van der Waals surface area contributed by atoms with Gasteiger partial charge in [-0.15, -0.1) is 0 Å². The van der Waals surface area contributed by atoms with Crippen molar-refractivity contribution in [1.82, 2.24) is 24.3 Å². The second-order valence-corrected chi connectivity index (χ2v) is 6.82. The van der Waals surface area contributed by atoms with Gasteiger partial charge >= 0.3 is 0 Å². The van der Waals surface area contributed by atoms with Crippen LogP contribution in [-0.4, -0.2) is 24.3 Å². The lowest BCUT2D eigenvalue weighted by Crippen LogP contribution is -2.17. The lowest BCUT2D eigenvalue weighted by molar-refractivity contribution is 0.153. The number of hydrogen-bond donors (Lipinski definition) is 1. The number of benzene rings is 1. The van der Waals surface area contributed by atoms with E-state index in [9.17, 15) is 13.6 Å². The number of H-pyrrole nitrogens is 1. The number of fused-ring (bicyclic) bond motifs is 1. The zero-order valence-corrected chi connectivity index (χ0v) is 15.8. The number of aromatic nitrogens is 5. The molecule has 0 saturated carbocycles. The number of nitrogens with zero attached hydrogens (tertiary/aromatic N) is 4. The first kappa shape index (κ1) is 18.2. The molecule has 0 aliphatic rings. The van der Waals surface area contributed by atoms with Crippen LogP contribution in [0.4, 0.5) is 8.78 Å². The number of rotatable bonds is 3. The third-order valence-corrected chi connectivity index (χ3v) is 4.67. The molecule has 1 aromatic carbocycles. The highest BCUT2D eigenvalue weighted by Crippen LogP contribution is 2.30. The highest BCUT2D eigenvalue weighted by atomic mass is 32.1. The number of nitrogens with one attached hydrogen (secondary N) is 1. The second kappa shape index (κ2) is 6.75. The standard InChI is InChI=1S/C19H15F2N5OS/c1-10-4-3-5-12(6-10)26-17-15(18(27)24-19(26)28)13(16(20)21)7-14(23-17)11-8-22-25(2)9-11/h3-9,16H,1-2H3,(H,24,27,28). The van der Waals surface area contributed by atoms with Crippen molar-refractivity contribution in [1.29, 1.82) is 0 Å². The number of pyridine rings is 1. The molecule has 6 nitrogen and oxygen atoms in total. The molecule has 0 spiro atoms. The predicted molar refractivity (Wildman–Crippen MR) is 104 cm³/mol. The summed E-state index contributed by atoms with van der Waals surface area (Å²) in [7, 11) is 1.72. The maximum atomic E-state index is 13.8. The van der Waals surface area contributed by atoms with E-state index < -0.39 is 17.5 Å². The third-order valence-electron chi connectivity index (χ3n) is 4.39. The van der Waals surface area contributed by atoms with Crippen molar-refractivity contribution in [3.8, 4) is 16.9 Å². The monoisotopic (exact) mass is 399 g/mol. The smallest absolute Gasteiger partial charge is 0.264 e. The summed E-state index contributed by atoms with van der Waals surface area (Å²) in [6.07, 6.45) is 0.341. The van der Waals surface area contributed by atoms with Crippen LogP contribution in [0, 0.1) is 11.7 Å². The summed E-state index contributed by atoms with van der Waals surface area (Å²) in [5, 5.41) is 3.89. The van der Waals surface area contributed by atoms with Gasteiger partial charge in [-0.05, 0) is 42.9 Å². The van der Waals surface area contributed by atoms with Crippen LogP contribution in [0.25, 0.3) is 28.0 Å². The SMILES string of the molecule is Cc1cccc(-n2c(=S)[nH]c(=O)c3c(C(F)F)cc(-c4cnn(C)c4)nc32)c1. The number of halogens is 2. The number of aryl methyl sites for hydroxylation is 2. The summed E-state index contributed by atoms with van der Waals surface area (Å²) in [4.78, 5) is 19.5. The minimum Gasteiger partial charge on any atom is -0.298 e. The zero-order valence-electron chi connectivity index (χ0n) is 15.0. The topological polar surface area (TPSA) is 68.5 Å². The molecule has 3 heterocycles. The lowest BCUT2D eigenvalue weighted by Gasteiger charge is -2.14. The summed E-state index contributed by atoms with van der Waals surface area (Å²) in [5.74, 6) is 0. The van der Waals surface area contributed by atoms with E-state index in [-0.39, 0.29) is 21.5 Å². The molecular weight excluding hydrogens is 384 g/mol. The molecule has 0 saturated heterocycles. The molecule has 0 unspecified atom stereocenters. The zero-order chi connectivity index (χ0) is 20.0. The van der Waals surface area contributed by atoms with Crippen molar-refractivity contribution >= 4 is 23.3 Å². The number of hydrogen-bond acceptors (Lipinski definition) is 4. The Hall–Kier alpha value is -3.20. The van der Waals surface area contributed by atoms with Crippen molar-refractivity contribution < 1.29 is 8.78 Å². The Morgan fingerprint density at radius 3 is 2.68 bits per heavy atom. The van der Waals surface area contributed by atoms with Gasteiger partial charge < -0.3 is 0 Å². The molecule has 4 aromatic rings. The Bertz CT molecular complexity index is 1320. The molecule has 9 heteroatoms. The fourth-order valence-corrected chi connectivity index (χ4v) is 3.42. The van der Waals surface area contributed by atoms with Gasteiger partial charge in [0.1, 0.15) is 0 Å². The van der Waals surface area contributed by atoms with Crippen LogP contribution in [0.15, 0.2) is 47.5 Å². The van der Waals surface area contributed by atoms with E-state index in [0.29, 0.717) is 11.3 Å². The Labute approximate surface area is 163 Å². The third kappa shape index (κ3) is 3.03. The fraction of sp³-hybridized carbons (Fsp3) is 0.158. The van der Waals surface area contributed by atoms with Gasteiger partial charge in [-0.2, -0.15) is 5.10 Å². The molecule has 4 rings (SSSR count). The van der Waals surface area contributed by atoms with E-state index in [0.717, 1.165) is 5.56 Å². The predicted octanol–water partition coefficient (Wildman–Crippen LogP) is 4.09.